The van der Waals surface area contributed by atoms with Gasteiger partial charge in [-0.2, -0.15) is 17.4 Å². The van der Waals surface area contributed by atoms with Gasteiger partial charge in [0, 0.05) is 13.1 Å². The van der Waals surface area contributed by atoms with Gasteiger partial charge in [-0.05, 0) is 26.7 Å². The Bertz CT molecular complexity index is 382. The third kappa shape index (κ3) is 3.91. The molecule has 0 aromatic rings. The highest BCUT2D eigenvalue weighted by Crippen LogP contribution is 2.21. The third-order valence-electron chi connectivity index (χ3n) is 2.63. The zero-order valence-electron chi connectivity index (χ0n) is 10.6. The number of aliphatic hydroxyl groups is 1. The number of aliphatic hydroxyl groups excluding tert-OH is 1. The first-order chi connectivity index (χ1) is 8.38. The van der Waals surface area contributed by atoms with Crippen LogP contribution in [0.2, 0.25) is 0 Å². The van der Waals surface area contributed by atoms with Crippen LogP contribution < -0.4 is 4.72 Å². The summed E-state index contributed by atoms with van der Waals surface area (Å²) in [5, 5.41) is 9.08. The Kier molecular flexibility index (Phi) is 5.51. The summed E-state index contributed by atoms with van der Waals surface area (Å²) in [6, 6.07) is -0.753. The number of hydrogen-bond acceptors (Lipinski definition) is 5. The van der Waals surface area contributed by atoms with E-state index in [1.54, 1.807) is 6.92 Å². The molecule has 0 aromatic heterocycles. The predicted molar refractivity (Wildman–Crippen MR) is 65.0 cm³/mol. The van der Waals surface area contributed by atoms with Gasteiger partial charge in [0.2, 0.25) is 0 Å². The summed E-state index contributed by atoms with van der Waals surface area (Å²) < 4.78 is 32.1. The van der Waals surface area contributed by atoms with E-state index >= 15 is 0 Å². The van der Waals surface area contributed by atoms with Crippen LogP contribution in [0.5, 0.6) is 0 Å². The average Bonchev–Trinajstić information content (AvgIpc) is 2.76. The van der Waals surface area contributed by atoms with Crippen molar-refractivity contribution < 1.29 is 23.1 Å². The van der Waals surface area contributed by atoms with Crippen molar-refractivity contribution in [2.75, 3.05) is 19.7 Å². The second-order valence-corrected chi connectivity index (χ2v) is 5.93. The van der Waals surface area contributed by atoms with E-state index < -0.39 is 28.3 Å². The Hall–Kier alpha value is -0.700. The highest BCUT2D eigenvalue weighted by molar-refractivity contribution is 7.87. The van der Waals surface area contributed by atoms with Crippen LogP contribution >= 0.6 is 0 Å². The maximum Gasteiger partial charge on any atom is 0.324 e. The van der Waals surface area contributed by atoms with Crippen LogP contribution in [0, 0.1) is 0 Å². The van der Waals surface area contributed by atoms with Gasteiger partial charge in [0.25, 0.3) is 10.2 Å². The summed E-state index contributed by atoms with van der Waals surface area (Å²) in [6.45, 7) is 3.60. The number of hydrogen-bond donors (Lipinski definition) is 2. The monoisotopic (exact) mass is 280 g/mol. The highest BCUT2D eigenvalue weighted by atomic mass is 32.2. The smallest absolute Gasteiger partial charge is 0.324 e. The quantitative estimate of drug-likeness (QED) is 0.623. The fourth-order valence-corrected chi connectivity index (χ4v) is 3.32. The van der Waals surface area contributed by atoms with E-state index in [1.165, 1.54) is 6.92 Å². The van der Waals surface area contributed by atoms with Gasteiger partial charge in [0.15, 0.2) is 0 Å². The minimum atomic E-state index is -3.75. The molecule has 2 atom stereocenters. The molecule has 2 N–H and O–H groups in total. The van der Waals surface area contributed by atoms with Gasteiger partial charge in [-0.15, -0.1) is 0 Å². The van der Waals surface area contributed by atoms with E-state index in [0.717, 1.165) is 4.31 Å². The van der Waals surface area contributed by atoms with Crippen LogP contribution in [0.25, 0.3) is 0 Å². The summed E-state index contributed by atoms with van der Waals surface area (Å²) in [4.78, 5) is 11.6. The number of nitrogens with one attached hydrogen (secondary N) is 1. The van der Waals surface area contributed by atoms with Gasteiger partial charge >= 0.3 is 5.97 Å². The Labute approximate surface area is 107 Å². The molecule has 1 rings (SSSR count). The second-order valence-electron chi connectivity index (χ2n) is 4.22. The van der Waals surface area contributed by atoms with E-state index in [4.69, 9.17) is 9.84 Å². The van der Waals surface area contributed by atoms with Crippen molar-refractivity contribution >= 4 is 16.2 Å². The lowest BCUT2D eigenvalue weighted by Gasteiger charge is -2.23. The van der Waals surface area contributed by atoms with Crippen LogP contribution in [0.3, 0.4) is 0 Å². The van der Waals surface area contributed by atoms with Crippen molar-refractivity contribution in [1.82, 2.24) is 9.03 Å². The Morgan fingerprint density at radius 2 is 2.28 bits per heavy atom. The van der Waals surface area contributed by atoms with Crippen LogP contribution in [0.4, 0.5) is 0 Å². The van der Waals surface area contributed by atoms with Gasteiger partial charge in [-0.1, -0.05) is 0 Å². The van der Waals surface area contributed by atoms with Crippen LogP contribution in [-0.2, 0) is 19.7 Å². The molecule has 0 radical (unpaired) electrons. The lowest BCUT2D eigenvalue weighted by Crippen LogP contribution is -2.48. The molecule has 1 aliphatic rings. The molecule has 1 heterocycles. The zero-order chi connectivity index (χ0) is 13.8. The standard InChI is InChI=1S/C10H20N2O5S/c1-3-17-10(14)9-5-4-6-12(9)18(15,16)11-7-8(2)13/h8-9,11,13H,3-7H2,1-2H3. The number of nitrogens with zero attached hydrogens (tertiary/aromatic N) is 1. The molecule has 1 fully saturated rings. The molecule has 0 aromatic carbocycles. The molecule has 0 saturated carbocycles. The Morgan fingerprint density at radius 1 is 1.61 bits per heavy atom. The first kappa shape index (κ1) is 15.4. The molecule has 106 valence electrons. The number of ether oxygens (including phenoxy) is 1. The van der Waals surface area contributed by atoms with Crippen molar-refractivity contribution in [3.8, 4) is 0 Å². The summed E-state index contributed by atoms with van der Waals surface area (Å²) >= 11 is 0. The molecular formula is C10H20N2O5S. The van der Waals surface area contributed by atoms with Crippen molar-refractivity contribution in [1.29, 1.82) is 0 Å². The third-order valence-corrected chi connectivity index (χ3v) is 4.22. The summed E-state index contributed by atoms with van der Waals surface area (Å²) in [5.74, 6) is -0.516. The first-order valence-electron chi connectivity index (χ1n) is 5.99. The normalized spacial score (nSPS) is 22.9. The molecule has 0 spiro atoms. The van der Waals surface area contributed by atoms with Gasteiger partial charge in [-0.3, -0.25) is 4.79 Å². The van der Waals surface area contributed by atoms with Crippen molar-refractivity contribution in [2.24, 2.45) is 0 Å². The van der Waals surface area contributed by atoms with Gasteiger partial charge in [-0.25, -0.2) is 0 Å². The molecule has 0 aliphatic carbocycles. The molecule has 18 heavy (non-hydrogen) atoms. The van der Waals surface area contributed by atoms with Crippen LogP contribution in [-0.4, -0.2) is 55.6 Å². The maximum atomic E-state index is 12.0. The Morgan fingerprint density at radius 3 is 2.83 bits per heavy atom. The minimum Gasteiger partial charge on any atom is -0.465 e. The molecule has 7 nitrogen and oxygen atoms in total. The van der Waals surface area contributed by atoms with E-state index in [2.05, 4.69) is 4.72 Å². The fraction of sp³-hybridized carbons (Fsp3) is 0.900. The van der Waals surface area contributed by atoms with Gasteiger partial charge in [0.1, 0.15) is 6.04 Å². The summed E-state index contributed by atoms with van der Waals surface area (Å²) in [6.07, 6.45) is 0.316. The lowest BCUT2D eigenvalue weighted by atomic mass is 10.2. The highest BCUT2D eigenvalue weighted by Gasteiger charge is 2.39. The minimum absolute atomic E-state index is 0.0750. The fourth-order valence-electron chi connectivity index (χ4n) is 1.81. The van der Waals surface area contributed by atoms with Crippen molar-refractivity contribution in [3.63, 3.8) is 0 Å². The molecule has 0 bridgehead atoms. The van der Waals surface area contributed by atoms with Crippen molar-refractivity contribution in [3.05, 3.63) is 0 Å². The number of carbonyl (C=O) groups is 1. The summed E-state index contributed by atoms with van der Waals surface area (Å²) in [7, 11) is -3.75. The first-order valence-corrected chi connectivity index (χ1v) is 7.43. The van der Waals surface area contributed by atoms with Crippen LogP contribution in [0.15, 0.2) is 0 Å². The second kappa shape index (κ2) is 6.46. The van der Waals surface area contributed by atoms with E-state index in [9.17, 15) is 13.2 Å². The molecule has 8 heteroatoms. The molecule has 0 amide bonds. The molecular weight excluding hydrogens is 260 g/mol. The number of carbonyl (C=O) groups excluding carboxylic acids is 1. The summed E-state index contributed by atoms with van der Waals surface area (Å²) in [5.41, 5.74) is 0. The molecule has 1 aliphatic heterocycles. The van der Waals surface area contributed by atoms with E-state index in [0.29, 0.717) is 19.4 Å². The Balaban J connectivity index is 2.71. The van der Waals surface area contributed by atoms with Crippen LogP contribution in [0.1, 0.15) is 26.7 Å². The number of rotatable bonds is 6. The zero-order valence-corrected chi connectivity index (χ0v) is 11.4. The molecule has 1 saturated heterocycles. The SMILES string of the molecule is CCOC(=O)C1CCCN1S(=O)(=O)NCC(C)O. The van der Waals surface area contributed by atoms with Gasteiger partial charge in [0.05, 0.1) is 12.7 Å². The number of esters is 1. The predicted octanol–water partition coefficient (Wildman–Crippen LogP) is -0.771. The molecule has 2 unspecified atom stereocenters. The topological polar surface area (TPSA) is 95.9 Å². The maximum absolute atomic E-state index is 12.0. The van der Waals surface area contributed by atoms with E-state index in [-0.39, 0.29) is 13.2 Å². The van der Waals surface area contributed by atoms with Gasteiger partial charge < -0.3 is 9.84 Å². The van der Waals surface area contributed by atoms with E-state index in [1.807, 2.05) is 0 Å². The van der Waals surface area contributed by atoms with Crippen molar-refractivity contribution in [2.45, 2.75) is 38.8 Å². The lowest BCUT2D eigenvalue weighted by molar-refractivity contribution is -0.146. The average molecular weight is 280 g/mol. The largest absolute Gasteiger partial charge is 0.465 e.